The number of hydrogen-bond acceptors (Lipinski definition) is 3. The Hall–Kier alpha value is 0.00234. The average Bonchev–Trinajstić information content (AvgIpc) is 3.77. The third-order valence-corrected chi connectivity index (χ3v) is 51.9. The first kappa shape index (κ1) is 48.7. The van der Waals surface area contributed by atoms with Crippen LogP contribution in [0.15, 0.2) is 34.1 Å². The zero-order valence-electron chi connectivity index (χ0n) is 33.7. The van der Waals surface area contributed by atoms with E-state index in [4.69, 9.17) is 0 Å². The molecule has 0 saturated carbocycles. The van der Waals surface area contributed by atoms with Gasteiger partial charge in [-0.25, -0.2) is 0 Å². The van der Waals surface area contributed by atoms with Gasteiger partial charge in [0.15, 0.2) is 0 Å². The minimum atomic E-state index is -5.46. The van der Waals surface area contributed by atoms with Crippen LogP contribution in [0.4, 0.5) is 39.5 Å². The second kappa shape index (κ2) is 20.7. The van der Waals surface area contributed by atoms with E-state index in [2.05, 4.69) is 53.7 Å². The molecule has 1 aliphatic rings. The van der Waals surface area contributed by atoms with Gasteiger partial charge in [0.2, 0.25) is 0 Å². The molecule has 0 spiro atoms. The van der Waals surface area contributed by atoms with Crippen LogP contribution in [0.25, 0.3) is 0 Å². The number of hydrogen-bond donors (Lipinski definition) is 0. The summed E-state index contributed by atoms with van der Waals surface area (Å²) in [6.45, 7) is 11.4. The van der Waals surface area contributed by atoms with Gasteiger partial charge >= 0.3 is 353 Å². The van der Waals surface area contributed by atoms with Crippen molar-refractivity contribution in [2.75, 3.05) is 0 Å². The van der Waals surface area contributed by atoms with Crippen LogP contribution in [-0.4, -0.2) is 43.5 Å². The molecule has 0 aliphatic carbocycles. The molecule has 2 aromatic heterocycles. The van der Waals surface area contributed by atoms with Gasteiger partial charge in [-0.2, -0.15) is 0 Å². The van der Waals surface area contributed by atoms with Crippen LogP contribution in [0.5, 0.6) is 0 Å². The summed E-state index contributed by atoms with van der Waals surface area (Å²) in [5.74, 6) is 0. The fourth-order valence-electron chi connectivity index (χ4n) is 8.54. The summed E-state index contributed by atoms with van der Waals surface area (Å²) in [5.41, 5.74) is -6.69. The maximum atomic E-state index is 15.2. The quantitative estimate of drug-likeness (QED) is 0.0592. The predicted octanol–water partition coefficient (Wildman–Crippen LogP) is 14.0. The Morgan fingerprint density at radius 2 is 0.768 bits per heavy atom. The third kappa shape index (κ3) is 11.3. The fourth-order valence-corrected chi connectivity index (χ4v) is 51.6. The summed E-state index contributed by atoms with van der Waals surface area (Å²) >= 11 is -2.24. The van der Waals surface area contributed by atoms with Crippen LogP contribution in [0.1, 0.15) is 135 Å². The Kier molecular flexibility index (Phi) is 18.0. The number of halogens is 9. The van der Waals surface area contributed by atoms with Crippen LogP contribution in [0.2, 0.25) is 26.6 Å². The molecule has 0 amide bonds. The zero-order valence-corrected chi connectivity index (χ0v) is 41.9. The molecular weight excluding hydrogens is 1010 g/mol. The van der Waals surface area contributed by atoms with Crippen molar-refractivity contribution in [2.45, 2.75) is 174 Å². The first-order valence-corrected chi connectivity index (χ1v) is 38.1. The topological polar surface area (TPSA) is 0 Å². The van der Waals surface area contributed by atoms with Crippen molar-refractivity contribution in [3.63, 3.8) is 0 Å². The average molecular weight is 1070 g/mol. The van der Waals surface area contributed by atoms with E-state index in [9.17, 15) is 13.2 Å². The molecule has 0 atom stereocenters. The normalized spacial score (nSPS) is 14.1. The minimum absolute atomic E-state index is 0.0742. The second-order valence-corrected chi connectivity index (χ2v) is 47.4. The van der Waals surface area contributed by atoms with E-state index in [0.717, 1.165) is 104 Å². The molecular formula is C41H58BF9S3Sn2. The van der Waals surface area contributed by atoms with Gasteiger partial charge in [-0.1, -0.05) is 0 Å². The van der Waals surface area contributed by atoms with Crippen molar-refractivity contribution in [3.8, 4) is 0 Å². The molecule has 56 heavy (non-hydrogen) atoms. The van der Waals surface area contributed by atoms with E-state index in [1.165, 1.54) is 40.2 Å². The van der Waals surface area contributed by atoms with Gasteiger partial charge in [-0.3, -0.25) is 0 Å². The van der Waals surface area contributed by atoms with Crippen molar-refractivity contribution in [3.05, 3.63) is 41.0 Å². The number of thiophene rings is 2. The van der Waals surface area contributed by atoms with Gasteiger partial charge in [0.25, 0.3) is 0 Å². The first-order valence-electron chi connectivity index (χ1n) is 20.7. The first-order chi connectivity index (χ1) is 26.4. The van der Waals surface area contributed by atoms with E-state index < -0.39 is 84.1 Å². The standard InChI is InChI=1S/C17H4BF9S3.6C4H9.2Sn/c19-15(20,21)7-5-8(16(22,23)24)12(9(6-7)17(25,26)27)18-13-10(1-3-28-13)30-11-2-4-29-14(11)18;6*1-3-4-2;;/h1-2,5-6H;6*1,3-4H2,2H3;;. The molecule has 314 valence electrons. The molecule has 0 radical (unpaired) electrons. The summed E-state index contributed by atoms with van der Waals surface area (Å²) in [6, 6.07) is 4.10. The van der Waals surface area contributed by atoms with Gasteiger partial charge in [-0.05, 0) is 0 Å². The molecule has 0 fully saturated rings. The summed E-state index contributed by atoms with van der Waals surface area (Å²) in [5, 5.41) is 0. The summed E-state index contributed by atoms with van der Waals surface area (Å²) in [7, 11) is 0. The molecule has 0 bridgehead atoms. The second-order valence-electron chi connectivity index (χ2n) is 15.9. The zero-order chi connectivity index (χ0) is 41.5. The monoisotopic (exact) mass is 1070 g/mol. The molecule has 0 N–H and O–H groups in total. The Morgan fingerprint density at radius 3 is 1.02 bits per heavy atom. The Morgan fingerprint density at radius 1 is 0.464 bits per heavy atom. The van der Waals surface area contributed by atoms with Crippen molar-refractivity contribution < 1.29 is 39.5 Å². The van der Waals surface area contributed by atoms with Crippen LogP contribution in [0.3, 0.4) is 0 Å². The van der Waals surface area contributed by atoms with E-state index in [1.54, 1.807) is 0 Å². The Bertz CT molecular complexity index is 1560. The van der Waals surface area contributed by atoms with Gasteiger partial charge in [-0.15, -0.1) is 0 Å². The number of alkyl halides is 9. The molecule has 0 saturated heterocycles. The molecule has 4 rings (SSSR count). The van der Waals surface area contributed by atoms with E-state index in [-0.39, 0.29) is 12.1 Å². The van der Waals surface area contributed by atoms with Crippen molar-refractivity contribution in [1.82, 2.24) is 0 Å². The molecule has 1 aromatic carbocycles. The van der Waals surface area contributed by atoms with Crippen LogP contribution >= 0.6 is 34.4 Å². The van der Waals surface area contributed by atoms with Crippen molar-refractivity contribution in [2.24, 2.45) is 0 Å². The molecule has 15 heteroatoms. The van der Waals surface area contributed by atoms with Gasteiger partial charge in [0.1, 0.15) is 0 Å². The molecule has 0 unspecified atom stereocenters. The van der Waals surface area contributed by atoms with E-state index in [1.807, 2.05) is 0 Å². The fraction of sp³-hybridized carbons (Fsp3) is 0.659. The van der Waals surface area contributed by atoms with Crippen molar-refractivity contribution >= 4 is 98.7 Å². The number of rotatable bonds is 21. The molecule has 0 nitrogen and oxygen atoms in total. The van der Waals surface area contributed by atoms with Crippen LogP contribution < -0.4 is 20.8 Å². The number of unbranched alkanes of at least 4 members (excludes halogenated alkanes) is 6. The summed E-state index contributed by atoms with van der Waals surface area (Å²) in [4.78, 5) is 1.38. The van der Waals surface area contributed by atoms with Gasteiger partial charge in [0, 0.05) is 0 Å². The van der Waals surface area contributed by atoms with Crippen LogP contribution in [-0.2, 0) is 18.5 Å². The SMILES string of the molecule is CCC[CH2][Sn]([CH2]CCC)([CH2]CCC)[c]1cc2c(s1)B(c1c(C(F)(F)F)cc(C(F)(F)F)cc1C(F)(F)F)c1s[c]([Sn]([CH2]CCC)([CH2]CCC)[CH2]CCC)cc1S2. The maximum absolute atomic E-state index is 15.2. The number of fused-ring (bicyclic) bond motifs is 2. The third-order valence-electron chi connectivity index (χ3n) is 11.7. The predicted molar refractivity (Wildman–Crippen MR) is 228 cm³/mol. The molecule has 3 aromatic rings. The van der Waals surface area contributed by atoms with E-state index >= 15 is 26.3 Å². The summed E-state index contributed by atoms with van der Waals surface area (Å²) in [6.07, 6.45) is -4.19. The van der Waals surface area contributed by atoms with Crippen LogP contribution in [0, 0.1) is 0 Å². The number of benzene rings is 1. The van der Waals surface area contributed by atoms with Gasteiger partial charge in [0.05, 0.1) is 0 Å². The molecule has 1 aliphatic heterocycles. The van der Waals surface area contributed by atoms with Crippen molar-refractivity contribution in [1.29, 1.82) is 0 Å². The molecule has 3 heterocycles. The van der Waals surface area contributed by atoms with E-state index in [0.29, 0.717) is 19.3 Å². The Balaban J connectivity index is 2.15. The Labute approximate surface area is 349 Å². The van der Waals surface area contributed by atoms with Gasteiger partial charge < -0.3 is 0 Å². The summed E-state index contributed by atoms with van der Waals surface area (Å²) < 4.78 is 143.